The molecule has 4 heteroatoms. The van der Waals surface area contributed by atoms with Crippen molar-refractivity contribution < 1.29 is 0 Å². The number of nitrogens with one attached hydrogen (secondary N) is 1. The standard InChI is InChI=1S/C6H8BN3/c1-4-6(9-3-8-4)10-5(2)7/h3H,1-2,7H2,(H,8,9,10). The van der Waals surface area contributed by atoms with E-state index in [1.165, 1.54) is 0 Å². The molecule has 10 heavy (non-hydrogen) atoms. The highest BCUT2D eigenvalue weighted by Gasteiger charge is 2.05. The van der Waals surface area contributed by atoms with Gasteiger partial charge in [-0.25, -0.2) is 9.98 Å². The normalized spacial score (nSPS) is 19.6. The number of amidine groups is 1. The van der Waals surface area contributed by atoms with Gasteiger partial charge in [0.1, 0.15) is 5.70 Å². The van der Waals surface area contributed by atoms with E-state index in [0.717, 1.165) is 5.60 Å². The summed E-state index contributed by atoms with van der Waals surface area (Å²) >= 11 is 0. The average Bonchev–Trinajstić information content (AvgIpc) is 2.15. The van der Waals surface area contributed by atoms with Gasteiger partial charge in [0.25, 0.3) is 0 Å². The third-order valence-corrected chi connectivity index (χ3v) is 0.998. The van der Waals surface area contributed by atoms with Crippen molar-refractivity contribution in [2.24, 2.45) is 9.98 Å². The maximum atomic E-state index is 4.04. The van der Waals surface area contributed by atoms with E-state index in [4.69, 9.17) is 0 Å². The number of aliphatic imine (C=N–C) groups is 2. The van der Waals surface area contributed by atoms with E-state index < -0.39 is 0 Å². The first kappa shape index (κ1) is 6.80. The summed E-state index contributed by atoms with van der Waals surface area (Å²) < 4.78 is 0. The van der Waals surface area contributed by atoms with Crippen molar-refractivity contribution in [1.29, 1.82) is 0 Å². The Labute approximate surface area is 60.7 Å². The zero-order valence-corrected chi connectivity index (χ0v) is 5.89. The summed E-state index contributed by atoms with van der Waals surface area (Å²) in [6, 6.07) is 0. The first-order valence-electron chi connectivity index (χ1n) is 2.92. The molecule has 50 valence electrons. The SMILES string of the molecule is BC(=C)/N=C1/NC=NC1=C. The fourth-order valence-corrected chi connectivity index (χ4v) is 0.603. The lowest BCUT2D eigenvalue weighted by Gasteiger charge is -1.95. The molecule has 0 fully saturated rings. The highest BCUT2D eigenvalue weighted by molar-refractivity contribution is 6.23. The highest BCUT2D eigenvalue weighted by atomic mass is 15.1. The van der Waals surface area contributed by atoms with Crippen LogP contribution in [0.1, 0.15) is 0 Å². The van der Waals surface area contributed by atoms with E-state index in [-0.39, 0.29) is 0 Å². The molecular formula is C6H8BN3. The van der Waals surface area contributed by atoms with Gasteiger partial charge in [-0.05, 0) is 5.60 Å². The maximum absolute atomic E-state index is 4.04. The fourth-order valence-electron chi connectivity index (χ4n) is 0.603. The van der Waals surface area contributed by atoms with Gasteiger partial charge < -0.3 is 5.32 Å². The first-order chi connectivity index (χ1) is 4.70. The van der Waals surface area contributed by atoms with Crippen LogP contribution in [0.15, 0.2) is 34.4 Å². The van der Waals surface area contributed by atoms with Gasteiger partial charge >= 0.3 is 0 Å². The molecule has 0 saturated carbocycles. The van der Waals surface area contributed by atoms with Crippen molar-refractivity contribution in [3.63, 3.8) is 0 Å². The van der Waals surface area contributed by atoms with Gasteiger partial charge in [0.15, 0.2) is 13.7 Å². The van der Waals surface area contributed by atoms with Crippen LogP contribution in [0, 0.1) is 0 Å². The average molecular weight is 133 g/mol. The number of hydrogen-bond acceptors (Lipinski definition) is 2. The molecular weight excluding hydrogens is 125 g/mol. The Morgan fingerprint density at radius 1 is 1.80 bits per heavy atom. The van der Waals surface area contributed by atoms with E-state index in [1.807, 2.05) is 7.85 Å². The predicted molar refractivity (Wildman–Crippen MR) is 45.9 cm³/mol. The summed E-state index contributed by atoms with van der Waals surface area (Å²) in [6.45, 7) is 7.29. The van der Waals surface area contributed by atoms with Crippen LogP contribution in [0.25, 0.3) is 0 Å². The van der Waals surface area contributed by atoms with Gasteiger partial charge in [0.2, 0.25) is 0 Å². The topological polar surface area (TPSA) is 36.8 Å². The molecule has 1 aliphatic rings. The van der Waals surface area contributed by atoms with Gasteiger partial charge in [0.05, 0.1) is 6.34 Å². The zero-order chi connectivity index (χ0) is 7.56. The second-order valence-corrected chi connectivity index (χ2v) is 2.04. The van der Waals surface area contributed by atoms with Crippen LogP contribution in [0.5, 0.6) is 0 Å². The Morgan fingerprint density at radius 3 is 2.90 bits per heavy atom. The van der Waals surface area contributed by atoms with Crippen LogP contribution < -0.4 is 5.32 Å². The first-order valence-corrected chi connectivity index (χ1v) is 2.92. The molecule has 0 radical (unpaired) electrons. The molecule has 1 rings (SSSR count). The Balaban J connectivity index is 2.77. The Morgan fingerprint density at radius 2 is 2.50 bits per heavy atom. The summed E-state index contributed by atoms with van der Waals surface area (Å²) in [4.78, 5) is 7.91. The second kappa shape index (κ2) is 2.52. The molecule has 0 atom stereocenters. The zero-order valence-electron chi connectivity index (χ0n) is 5.89. The summed E-state index contributed by atoms with van der Waals surface area (Å²) in [6.07, 6.45) is 1.56. The van der Waals surface area contributed by atoms with Crippen LogP contribution in [-0.2, 0) is 0 Å². The van der Waals surface area contributed by atoms with Gasteiger partial charge in [-0.15, -0.1) is 0 Å². The molecule has 0 aliphatic carbocycles. The Bertz CT molecular complexity index is 239. The van der Waals surface area contributed by atoms with Crippen LogP contribution in [0.3, 0.4) is 0 Å². The number of nitrogens with zero attached hydrogens (tertiary/aromatic N) is 2. The maximum Gasteiger partial charge on any atom is 0.163 e. The van der Waals surface area contributed by atoms with Gasteiger partial charge in [-0.3, -0.25) is 0 Å². The van der Waals surface area contributed by atoms with Crippen LogP contribution >= 0.6 is 0 Å². The minimum Gasteiger partial charge on any atom is -0.329 e. The monoisotopic (exact) mass is 133 g/mol. The van der Waals surface area contributed by atoms with E-state index in [2.05, 4.69) is 28.5 Å². The lowest BCUT2D eigenvalue weighted by atomic mass is 10.1. The molecule has 0 aromatic rings. The third kappa shape index (κ3) is 1.34. The van der Waals surface area contributed by atoms with Crippen molar-refractivity contribution in [3.8, 4) is 0 Å². The van der Waals surface area contributed by atoms with Crippen LogP contribution in [0.4, 0.5) is 0 Å². The predicted octanol–water partition coefficient (Wildman–Crippen LogP) is -0.366. The summed E-state index contributed by atoms with van der Waals surface area (Å²) in [5, 5.41) is 2.84. The lowest BCUT2D eigenvalue weighted by Crippen LogP contribution is -2.15. The number of rotatable bonds is 1. The lowest BCUT2D eigenvalue weighted by molar-refractivity contribution is 1.38. The van der Waals surface area contributed by atoms with Gasteiger partial charge in [-0.2, -0.15) is 0 Å². The molecule has 0 saturated heterocycles. The molecule has 1 heterocycles. The summed E-state index contributed by atoms with van der Waals surface area (Å²) in [7, 11) is 1.82. The van der Waals surface area contributed by atoms with Crippen molar-refractivity contribution in [1.82, 2.24) is 5.32 Å². The molecule has 0 bridgehead atoms. The van der Waals surface area contributed by atoms with E-state index in [1.54, 1.807) is 6.34 Å². The minimum atomic E-state index is 0.656. The largest absolute Gasteiger partial charge is 0.329 e. The van der Waals surface area contributed by atoms with Crippen LogP contribution in [-0.4, -0.2) is 20.0 Å². The summed E-state index contributed by atoms with van der Waals surface area (Å²) in [5.74, 6) is 0.688. The van der Waals surface area contributed by atoms with Crippen LogP contribution in [0.2, 0.25) is 0 Å². The Hall–Kier alpha value is -1.32. The third-order valence-electron chi connectivity index (χ3n) is 0.998. The molecule has 1 aliphatic heterocycles. The molecule has 0 spiro atoms. The van der Waals surface area contributed by atoms with E-state index in [0.29, 0.717) is 11.5 Å². The van der Waals surface area contributed by atoms with Crippen molar-refractivity contribution in [2.45, 2.75) is 0 Å². The second-order valence-electron chi connectivity index (χ2n) is 2.04. The molecule has 1 N–H and O–H groups in total. The van der Waals surface area contributed by atoms with Crippen molar-refractivity contribution in [2.75, 3.05) is 0 Å². The molecule has 0 amide bonds. The molecule has 3 nitrogen and oxygen atoms in total. The number of hydrogen-bond donors (Lipinski definition) is 1. The Kier molecular flexibility index (Phi) is 1.71. The molecule has 0 aromatic carbocycles. The van der Waals surface area contributed by atoms with Crippen molar-refractivity contribution in [3.05, 3.63) is 24.5 Å². The van der Waals surface area contributed by atoms with E-state index in [9.17, 15) is 0 Å². The van der Waals surface area contributed by atoms with E-state index >= 15 is 0 Å². The quantitative estimate of drug-likeness (QED) is 0.487. The highest BCUT2D eigenvalue weighted by Crippen LogP contribution is 2.00. The fraction of sp³-hybridized carbons (Fsp3) is 0. The van der Waals surface area contributed by atoms with Gasteiger partial charge in [0, 0.05) is 0 Å². The van der Waals surface area contributed by atoms with Gasteiger partial charge in [-0.1, -0.05) is 13.2 Å². The molecule has 0 unspecified atom stereocenters. The smallest absolute Gasteiger partial charge is 0.163 e. The van der Waals surface area contributed by atoms with Crippen molar-refractivity contribution >= 4 is 20.0 Å². The molecule has 0 aromatic heterocycles. The minimum absolute atomic E-state index is 0.656. The summed E-state index contributed by atoms with van der Waals surface area (Å²) in [5.41, 5.74) is 1.40.